The number of halogens is 1. The number of carbonyl (C=O) groups excluding carboxylic acids is 2. The minimum absolute atomic E-state index is 0.0931. The lowest BCUT2D eigenvalue weighted by Crippen LogP contribution is -2.53. The molecular formula is C24H32ClN3O4S. The van der Waals surface area contributed by atoms with E-state index in [0.717, 1.165) is 21.7 Å². The second-order valence-corrected chi connectivity index (χ2v) is 10.7. The SMILES string of the molecule is CCC(C(=O)NC(C)C)N(Cc1ccc(C)cc1)C(=O)CN(c1ccc(Cl)cc1)S(C)(=O)=O. The minimum atomic E-state index is -3.77. The third-order valence-electron chi connectivity index (χ3n) is 5.08. The quantitative estimate of drug-likeness (QED) is 0.546. The van der Waals surface area contributed by atoms with E-state index in [2.05, 4.69) is 5.32 Å². The standard InChI is InChI=1S/C24H32ClN3O4S/c1-6-22(24(30)26-17(2)3)27(15-19-9-7-18(4)8-10-19)23(29)16-28(33(5,31)32)21-13-11-20(25)12-14-21/h7-14,17,22H,6,15-16H2,1-5H3,(H,26,30). The molecule has 0 aliphatic heterocycles. The number of anilines is 1. The average molecular weight is 494 g/mol. The topological polar surface area (TPSA) is 86.8 Å². The van der Waals surface area contributed by atoms with Crippen molar-refractivity contribution in [2.75, 3.05) is 17.1 Å². The molecule has 0 saturated heterocycles. The van der Waals surface area contributed by atoms with Crippen molar-refractivity contribution in [1.82, 2.24) is 10.2 Å². The number of hydrogen-bond donors (Lipinski definition) is 1. The van der Waals surface area contributed by atoms with E-state index in [0.29, 0.717) is 17.1 Å². The van der Waals surface area contributed by atoms with Crippen LogP contribution < -0.4 is 9.62 Å². The van der Waals surface area contributed by atoms with Crippen LogP contribution in [0.25, 0.3) is 0 Å². The highest BCUT2D eigenvalue weighted by Gasteiger charge is 2.31. The Bertz CT molecular complexity index is 1050. The summed E-state index contributed by atoms with van der Waals surface area (Å²) in [5.41, 5.74) is 2.25. The van der Waals surface area contributed by atoms with Crippen molar-refractivity contribution in [2.24, 2.45) is 0 Å². The zero-order chi connectivity index (χ0) is 24.8. The van der Waals surface area contributed by atoms with E-state index in [9.17, 15) is 18.0 Å². The van der Waals surface area contributed by atoms with Gasteiger partial charge in [-0.1, -0.05) is 48.4 Å². The zero-order valence-corrected chi connectivity index (χ0v) is 21.3. The van der Waals surface area contributed by atoms with Crippen LogP contribution in [0.2, 0.25) is 5.02 Å². The van der Waals surface area contributed by atoms with Crippen molar-refractivity contribution in [3.63, 3.8) is 0 Å². The first-order valence-electron chi connectivity index (χ1n) is 10.8. The molecule has 2 aromatic carbocycles. The van der Waals surface area contributed by atoms with Gasteiger partial charge in [0.05, 0.1) is 11.9 Å². The Morgan fingerprint density at radius 1 is 1.03 bits per heavy atom. The van der Waals surface area contributed by atoms with Gasteiger partial charge >= 0.3 is 0 Å². The molecule has 0 radical (unpaired) electrons. The van der Waals surface area contributed by atoms with Crippen LogP contribution in [0.4, 0.5) is 5.69 Å². The van der Waals surface area contributed by atoms with Crippen LogP contribution in [0.1, 0.15) is 38.3 Å². The number of benzene rings is 2. The number of sulfonamides is 1. The van der Waals surface area contributed by atoms with Gasteiger partial charge in [-0.2, -0.15) is 0 Å². The Hall–Kier alpha value is -2.58. The van der Waals surface area contributed by atoms with Gasteiger partial charge < -0.3 is 10.2 Å². The molecule has 0 aliphatic carbocycles. The Morgan fingerprint density at radius 2 is 1.61 bits per heavy atom. The van der Waals surface area contributed by atoms with Gasteiger partial charge in [-0.3, -0.25) is 13.9 Å². The molecule has 0 aromatic heterocycles. The Kier molecular flexibility index (Phi) is 9.31. The number of nitrogens with zero attached hydrogens (tertiary/aromatic N) is 2. The first kappa shape index (κ1) is 26.7. The summed E-state index contributed by atoms with van der Waals surface area (Å²) in [5.74, 6) is -0.743. The van der Waals surface area contributed by atoms with Gasteiger partial charge in [0, 0.05) is 17.6 Å². The first-order valence-corrected chi connectivity index (χ1v) is 13.0. The normalized spacial score (nSPS) is 12.3. The highest BCUT2D eigenvalue weighted by Crippen LogP contribution is 2.22. The maximum Gasteiger partial charge on any atom is 0.244 e. The molecule has 0 heterocycles. The number of hydrogen-bond acceptors (Lipinski definition) is 4. The summed E-state index contributed by atoms with van der Waals surface area (Å²) in [6.07, 6.45) is 1.43. The van der Waals surface area contributed by atoms with Gasteiger partial charge in [-0.05, 0) is 57.0 Å². The van der Waals surface area contributed by atoms with Crippen molar-refractivity contribution >= 4 is 39.1 Å². The Morgan fingerprint density at radius 3 is 2.09 bits per heavy atom. The van der Waals surface area contributed by atoms with E-state index < -0.39 is 28.5 Å². The molecule has 1 atom stereocenters. The van der Waals surface area contributed by atoms with Crippen LogP contribution in [0, 0.1) is 6.92 Å². The third kappa shape index (κ3) is 7.75. The van der Waals surface area contributed by atoms with E-state index in [1.165, 1.54) is 4.90 Å². The molecule has 2 amide bonds. The van der Waals surface area contributed by atoms with Crippen molar-refractivity contribution < 1.29 is 18.0 Å². The fourth-order valence-corrected chi connectivity index (χ4v) is 4.39. The smallest absolute Gasteiger partial charge is 0.244 e. The largest absolute Gasteiger partial charge is 0.352 e. The van der Waals surface area contributed by atoms with E-state index in [1.54, 1.807) is 24.3 Å². The minimum Gasteiger partial charge on any atom is -0.352 e. The first-order chi connectivity index (χ1) is 15.4. The molecule has 9 heteroatoms. The number of nitrogens with one attached hydrogen (secondary N) is 1. The van der Waals surface area contributed by atoms with Crippen LogP contribution in [0.15, 0.2) is 48.5 Å². The van der Waals surface area contributed by atoms with Gasteiger partial charge in [-0.15, -0.1) is 0 Å². The second-order valence-electron chi connectivity index (χ2n) is 8.34. The molecule has 180 valence electrons. The summed E-state index contributed by atoms with van der Waals surface area (Å²) in [5, 5.41) is 3.32. The summed E-state index contributed by atoms with van der Waals surface area (Å²) < 4.78 is 26.1. The highest BCUT2D eigenvalue weighted by molar-refractivity contribution is 7.92. The molecule has 2 aromatic rings. The Labute approximate surface area is 201 Å². The van der Waals surface area contributed by atoms with Gasteiger partial charge in [-0.25, -0.2) is 8.42 Å². The van der Waals surface area contributed by atoms with Crippen molar-refractivity contribution in [3.8, 4) is 0 Å². The maximum atomic E-state index is 13.5. The molecule has 0 fully saturated rings. The molecule has 1 unspecified atom stereocenters. The average Bonchev–Trinajstić information content (AvgIpc) is 2.72. The van der Waals surface area contributed by atoms with E-state index >= 15 is 0 Å². The predicted molar refractivity (Wildman–Crippen MR) is 133 cm³/mol. The summed E-state index contributed by atoms with van der Waals surface area (Å²) in [6, 6.07) is 13.0. The van der Waals surface area contributed by atoms with Crippen LogP contribution in [0.5, 0.6) is 0 Å². The molecular weight excluding hydrogens is 462 g/mol. The van der Waals surface area contributed by atoms with Gasteiger partial charge in [0.15, 0.2) is 0 Å². The number of rotatable bonds is 10. The molecule has 7 nitrogen and oxygen atoms in total. The fourth-order valence-electron chi connectivity index (χ4n) is 3.41. The summed E-state index contributed by atoms with van der Waals surface area (Å²) in [7, 11) is -3.77. The molecule has 0 aliphatic rings. The van der Waals surface area contributed by atoms with Crippen molar-refractivity contribution in [3.05, 3.63) is 64.7 Å². The Balaban J connectivity index is 2.42. The van der Waals surface area contributed by atoms with E-state index in [4.69, 9.17) is 11.6 Å². The van der Waals surface area contributed by atoms with Gasteiger partial charge in [0.1, 0.15) is 12.6 Å². The van der Waals surface area contributed by atoms with E-state index in [1.807, 2.05) is 52.0 Å². The summed E-state index contributed by atoms with van der Waals surface area (Å²) >= 11 is 5.94. The monoisotopic (exact) mass is 493 g/mol. The number of carbonyl (C=O) groups is 2. The summed E-state index contributed by atoms with van der Waals surface area (Å²) in [4.78, 5) is 27.9. The molecule has 33 heavy (non-hydrogen) atoms. The predicted octanol–water partition coefficient (Wildman–Crippen LogP) is 3.75. The molecule has 0 bridgehead atoms. The molecule has 1 N–H and O–H groups in total. The van der Waals surface area contributed by atoms with Crippen LogP contribution in [-0.2, 0) is 26.2 Å². The van der Waals surface area contributed by atoms with Crippen LogP contribution >= 0.6 is 11.6 Å². The molecule has 0 saturated carbocycles. The molecule has 0 spiro atoms. The van der Waals surface area contributed by atoms with Crippen LogP contribution in [-0.4, -0.2) is 50.0 Å². The number of aryl methyl sites for hydroxylation is 1. The van der Waals surface area contributed by atoms with Gasteiger partial charge in [0.25, 0.3) is 0 Å². The fraction of sp³-hybridized carbons (Fsp3) is 0.417. The second kappa shape index (κ2) is 11.5. The van der Waals surface area contributed by atoms with Gasteiger partial charge in [0.2, 0.25) is 21.8 Å². The van der Waals surface area contributed by atoms with E-state index in [-0.39, 0.29) is 18.5 Å². The van der Waals surface area contributed by atoms with Crippen molar-refractivity contribution in [1.29, 1.82) is 0 Å². The summed E-state index contributed by atoms with van der Waals surface area (Å²) in [6.45, 7) is 7.24. The van der Waals surface area contributed by atoms with Crippen LogP contribution in [0.3, 0.4) is 0 Å². The maximum absolute atomic E-state index is 13.5. The zero-order valence-electron chi connectivity index (χ0n) is 19.7. The lowest BCUT2D eigenvalue weighted by molar-refractivity contribution is -0.140. The lowest BCUT2D eigenvalue weighted by Gasteiger charge is -2.33. The highest BCUT2D eigenvalue weighted by atomic mass is 35.5. The van der Waals surface area contributed by atoms with Crippen molar-refractivity contribution in [2.45, 2.75) is 52.7 Å². The lowest BCUT2D eigenvalue weighted by atomic mass is 10.1. The number of amides is 2. The third-order valence-corrected chi connectivity index (χ3v) is 6.48. The molecule has 2 rings (SSSR count).